The lowest BCUT2D eigenvalue weighted by Crippen LogP contribution is -2.52. The molecule has 106 valence electrons. The lowest BCUT2D eigenvalue weighted by Gasteiger charge is -2.42. The number of likely N-dealkylation sites (N-methyl/N-ethyl adjacent to an activating group) is 1. The van der Waals surface area contributed by atoms with Gasteiger partial charge in [0.05, 0.1) is 0 Å². The van der Waals surface area contributed by atoms with Gasteiger partial charge in [0.25, 0.3) is 0 Å². The minimum atomic E-state index is 0.423. The fraction of sp³-hybridized carbons (Fsp3) is 1.00. The lowest BCUT2D eigenvalue weighted by atomic mass is 9.87. The summed E-state index contributed by atoms with van der Waals surface area (Å²) < 4.78 is 0. The van der Waals surface area contributed by atoms with Gasteiger partial charge in [0.1, 0.15) is 0 Å². The van der Waals surface area contributed by atoms with Crippen LogP contribution >= 0.6 is 0 Å². The van der Waals surface area contributed by atoms with E-state index in [1.165, 1.54) is 77.2 Å². The zero-order valence-electron chi connectivity index (χ0n) is 12.2. The second-order valence-corrected chi connectivity index (χ2v) is 6.35. The minimum absolute atomic E-state index is 0.423. The van der Waals surface area contributed by atoms with Crippen molar-refractivity contribution in [3.8, 4) is 0 Å². The molecule has 0 spiro atoms. The van der Waals surface area contributed by atoms with Crippen molar-refractivity contribution < 1.29 is 0 Å². The Kier molecular flexibility index (Phi) is 5.97. The molecule has 0 radical (unpaired) electrons. The Morgan fingerprint density at radius 3 is 2.06 bits per heavy atom. The maximum atomic E-state index is 6.49. The number of rotatable bonds is 3. The van der Waals surface area contributed by atoms with Crippen molar-refractivity contribution in [2.24, 2.45) is 5.73 Å². The Morgan fingerprint density at radius 2 is 1.39 bits per heavy atom. The molecule has 2 saturated carbocycles. The first kappa shape index (κ1) is 14.3. The largest absolute Gasteiger partial charge is 0.326 e. The summed E-state index contributed by atoms with van der Waals surface area (Å²) in [6, 6.07) is 1.92. The van der Waals surface area contributed by atoms with Crippen molar-refractivity contribution in [2.45, 2.75) is 95.7 Å². The van der Waals surface area contributed by atoms with E-state index >= 15 is 0 Å². The monoisotopic (exact) mass is 252 g/mol. The van der Waals surface area contributed by atoms with Crippen LogP contribution in [-0.2, 0) is 0 Å². The first-order chi connectivity index (χ1) is 8.83. The second kappa shape index (κ2) is 7.49. The van der Waals surface area contributed by atoms with Crippen LogP contribution in [0.4, 0.5) is 0 Å². The van der Waals surface area contributed by atoms with Crippen molar-refractivity contribution in [3.05, 3.63) is 0 Å². The molecule has 2 rings (SSSR count). The average molecular weight is 252 g/mol. The Labute approximate surface area is 113 Å². The average Bonchev–Trinajstić information content (AvgIpc) is 2.39. The van der Waals surface area contributed by atoms with Crippen LogP contribution in [0.5, 0.6) is 0 Å². The summed E-state index contributed by atoms with van der Waals surface area (Å²) in [5.74, 6) is 0. The molecule has 2 N–H and O–H groups in total. The van der Waals surface area contributed by atoms with E-state index in [1.54, 1.807) is 0 Å². The molecule has 0 saturated heterocycles. The third-order valence-corrected chi connectivity index (χ3v) is 5.12. The highest BCUT2D eigenvalue weighted by Gasteiger charge is 2.30. The number of hydrogen-bond acceptors (Lipinski definition) is 2. The van der Waals surface area contributed by atoms with Gasteiger partial charge >= 0.3 is 0 Å². The Morgan fingerprint density at radius 1 is 0.833 bits per heavy atom. The van der Waals surface area contributed by atoms with Crippen LogP contribution < -0.4 is 5.73 Å². The van der Waals surface area contributed by atoms with Crippen LogP contribution in [-0.4, -0.2) is 29.6 Å². The normalized spacial score (nSPS) is 32.2. The zero-order valence-corrected chi connectivity index (χ0v) is 12.2. The summed E-state index contributed by atoms with van der Waals surface area (Å²) in [6.07, 6.45) is 15.3. The fourth-order valence-corrected chi connectivity index (χ4v) is 4.08. The van der Waals surface area contributed by atoms with E-state index in [-0.39, 0.29) is 0 Å². The molecule has 2 aliphatic rings. The third kappa shape index (κ3) is 3.71. The number of nitrogens with zero attached hydrogens (tertiary/aromatic N) is 1. The first-order valence-corrected chi connectivity index (χ1v) is 8.34. The third-order valence-electron chi connectivity index (χ3n) is 5.12. The van der Waals surface area contributed by atoms with E-state index < -0.39 is 0 Å². The van der Waals surface area contributed by atoms with E-state index in [0.29, 0.717) is 12.1 Å². The Balaban J connectivity index is 1.98. The van der Waals surface area contributed by atoms with Crippen molar-refractivity contribution in [1.29, 1.82) is 0 Å². The van der Waals surface area contributed by atoms with Crippen LogP contribution in [0, 0.1) is 0 Å². The van der Waals surface area contributed by atoms with Crippen LogP contribution in [0.25, 0.3) is 0 Å². The number of hydrogen-bond donors (Lipinski definition) is 1. The van der Waals surface area contributed by atoms with Gasteiger partial charge < -0.3 is 5.73 Å². The van der Waals surface area contributed by atoms with Gasteiger partial charge in [-0.3, -0.25) is 4.90 Å². The van der Waals surface area contributed by atoms with Crippen molar-refractivity contribution in [2.75, 3.05) is 6.54 Å². The van der Waals surface area contributed by atoms with Crippen LogP contribution in [0.2, 0.25) is 0 Å². The highest BCUT2D eigenvalue weighted by atomic mass is 15.2. The van der Waals surface area contributed by atoms with E-state index in [0.717, 1.165) is 6.04 Å². The van der Waals surface area contributed by atoms with Crippen molar-refractivity contribution in [3.63, 3.8) is 0 Å². The first-order valence-electron chi connectivity index (χ1n) is 8.34. The highest BCUT2D eigenvalue weighted by Crippen LogP contribution is 2.28. The standard InChI is InChI=1S/C16H32N2/c1-2-18(14-10-6-5-7-11-14)16-13-9-4-3-8-12-15(16)17/h14-16H,2-13,17H2,1H3. The Hall–Kier alpha value is -0.0800. The molecule has 2 atom stereocenters. The summed E-state index contributed by atoms with van der Waals surface area (Å²) in [6.45, 7) is 3.53. The molecule has 2 fully saturated rings. The molecule has 0 bridgehead atoms. The molecule has 0 aromatic carbocycles. The molecule has 0 amide bonds. The molecule has 18 heavy (non-hydrogen) atoms. The topological polar surface area (TPSA) is 29.3 Å². The van der Waals surface area contributed by atoms with Gasteiger partial charge in [0, 0.05) is 18.1 Å². The van der Waals surface area contributed by atoms with Gasteiger partial charge in [0.15, 0.2) is 0 Å². The maximum Gasteiger partial charge on any atom is 0.0250 e. The summed E-state index contributed by atoms with van der Waals surface area (Å²) in [5.41, 5.74) is 6.49. The summed E-state index contributed by atoms with van der Waals surface area (Å²) >= 11 is 0. The van der Waals surface area contributed by atoms with E-state index in [2.05, 4.69) is 11.8 Å². The fourth-order valence-electron chi connectivity index (χ4n) is 4.08. The molecular weight excluding hydrogens is 220 g/mol. The van der Waals surface area contributed by atoms with E-state index in [1.807, 2.05) is 0 Å². The highest BCUT2D eigenvalue weighted by molar-refractivity contribution is 4.88. The second-order valence-electron chi connectivity index (χ2n) is 6.35. The molecule has 2 heteroatoms. The predicted octanol–water partition coefficient (Wildman–Crippen LogP) is 3.69. The molecule has 0 heterocycles. The molecule has 0 aromatic heterocycles. The summed E-state index contributed by atoms with van der Waals surface area (Å²) in [7, 11) is 0. The quantitative estimate of drug-likeness (QED) is 0.830. The molecule has 2 aliphatic carbocycles. The molecule has 0 aromatic rings. The molecule has 2 unspecified atom stereocenters. The minimum Gasteiger partial charge on any atom is -0.326 e. The molecule has 2 nitrogen and oxygen atoms in total. The van der Waals surface area contributed by atoms with Gasteiger partial charge in [-0.15, -0.1) is 0 Å². The van der Waals surface area contributed by atoms with Gasteiger partial charge in [-0.25, -0.2) is 0 Å². The van der Waals surface area contributed by atoms with Crippen LogP contribution in [0.3, 0.4) is 0 Å². The van der Waals surface area contributed by atoms with Gasteiger partial charge in [-0.1, -0.05) is 51.9 Å². The molecular formula is C16H32N2. The maximum absolute atomic E-state index is 6.49. The van der Waals surface area contributed by atoms with Gasteiger partial charge in [0.2, 0.25) is 0 Å². The molecule has 0 aliphatic heterocycles. The van der Waals surface area contributed by atoms with Crippen molar-refractivity contribution >= 4 is 0 Å². The smallest absolute Gasteiger partial charge is 0.0250 e. The SMILES string of the molecule is CCN(C1CCCCC1)C1CCCCCCC1N. The van der Waals surface area contributed by atoms with Crippen molar-refractivity contribution in [1.82, 2.24) is 4.90 Å². The van der Waals surface area contributed by atoms with Gasteiger partial charge in [-0.2, -0.15) is 0 Å². The lowest BCUT2D eigenvalue weighted by molar-refractivity contribution is 0.0819. The zero-order chi connectivity index (χ0) is 12.8. The van der Waals surface area contributed by atoms with Crippen LogP contribution in [0.15, 0.2) is 0 Å². The van der Waals surface area contributed by atoms with Gasteiger partial charge in [-0.05, 0) is 32.2 Å². The Bertz CT molecular complexity index is 223. The predicted molar refractivity (Wildman–Crippen MR) is 78.7 cm³/mol. The summed E-state index contributed by atoms with van der Waals surface area (Å²) in [5, 5.41) is 0. The number of nitrogens with two attached hydrogens (primary N) is 1. The van der Waals surface area contributed by atoms with E-state index in [4.69, 9.17) is 5.73 Å². The summed E-state index contributed by atoms with van der Waals surface area (Å²) in [4.78, 5) is 2.77. The van der Waals surface area contributed by atoms with E-state index in [9.17, 15) is 0 Å². The van der Waals surface area contributed by atoms with Crippen LogP contribution in [0.1, 0.15) is 77.6 Å².